The number of rotatable bonds is 4. The number of carbonyl (C=O) groups excluding carboxylic acids is 2. The molecule has 134 valence electrons. The Morgan fingerprint density at radius 1 is 1.40 bits per heavy atom. The molecular weight excluding hydrogens is 336 g/mol. The van der Waals surface area contributed by atoms with Gasteiger partial charge in [-0.05, 0) is 31.0 Å². The summed E-state index contributed by atoms with van der Waals surface area (Å²) in [4.78, 5) is 33.5. The van der Waals surface area contributed by atoms with E-state index in [1.807, 2.05) is 19.1 Å². The number of hydrogen-bond acceptors (Lipinski definition) is 5. The Bertz CT molecular complexity index is 817. The lowest BCUT2D eigenvalue weighted by Gasteiger charge is -2.39. The Labute approximate surface area is 151 Å². The third kappa shape index (κ3) is 3.33. The molecule has 0 radical (unpaired) electrons. The zero-order valence-corrected chi connectivity index (χ0v) is 15.7. The maximum absolute atomic E-state index is 13.1. The van der Waals surface area contributed by atoms with Crippen LogP contribution in [0.15, 0.2) is 12.1 Å². The molecule has 1 atom stereocenters. The van der Waals surface area contributed by atoms with E-state index >= 15 is 0 Å². The SMILES string of the molecule is CCCC[C@@H]1C(=O)N(C)CCN1C(=O)c1cc(C)c2nc(N)sc2c1. The van der Waals surface area contributed by atoms with Gasteiger partial charge in [-0.25, -0.2) is 4.98 Å². The summed E-state index contributed by atoms with van der Waals surface area (Å²) in [5.41, 5.74) is 8.18. The van der Waals surface area contributed by atoms with Gasteiger partial charge < -0.3 is 15.5 Å². The molecule has 25 heavy (non-hydrogen) atoms. The van der Waals surface area contributed by atoms with Gasteiger partial charge in [0, 0.05) is 25.7 Å². The monoisotopic (exact) mass is 360 g/mol. The van der Waals surface area contributed by atoms with Crippen molar-refractivity contribution in [2.24, 2.45) is 0 Å². The van der Waals surface area contributed by atoms with Crippen LogP contribution in [0.5, 0.6) is 0 Å². The number of nitrogen functional groups attached to an aromatic ring is 1. The quantitative estimate of drug-likeness (QED) is 0.909. The van der Waals surface area contributed by atoms with Crippen LogP contribution in [0, 0.1) is 6.92 Å². The van der Waals surface area contributed by atoms with E-state index in [1.54, 1.807) is 16.8 Å². The summed E-state index contributed by atoms with van der Waals surface area (Å²) in [6, 6.07) is 3.33. The summed E-state index contributed by atoms with van der Waals surface area (Å²) in [6.07, 6.45) is 2.64. The highest BCUT2D eigenvalue weighted by Gasteiger charge is 2.35. The van der Waals surface area contributed by atoms with Gasteiger partial charge >= 0.3 is 0 Å². The Kier molecular flexibility index (Phi) is 4.94. The molecular formula is C18H24N4O2S. The van der Waals surface area contributed by atoms with Gasteiger partial charge in [-0.15, -0.1) is 0 Å². The maximum Gasteiger partial charge on any atom is 0.254 e. The van der Waals surface area contributed by atoms with E-state index in [2.05, 4.69) is 11.9 Å². The highest BCUT2D eigenvalue weighted by atomic mass is 32.1. The van der Waals surface area contributed by atoms with E-state index in [4.69, 9.17) is 5.73 Å². The molecule has 2 heterocycles. The minimum absolute atomic E-state index is 0.0351. The molecule has 1 aliphatic rings. The zero-order chi connectivity index (χ0) is 18.1. The average Bonchev–Trinajstić information content (AvgIpc) is 2.96. The fourth-order valence-electron chi connectivity index (χ4n) is 3.33. The van der Waals surface area contributed by atoms with Crippen LogP contribution in [0.3, 0.4) is 0 Å². The Morgan fingerprint density at radius 3 is 2.88 bits per heavy atom. The number of piperazine rings is 1. The largest absolute Gasteiger partial charge is 0.375 e. The van der Waals surface area contributed by atoms with E-state index in [1.165, 1.54) is 11.3 Å². The summed E-state index contributed by atoms with van der Waals surface area (Å²) in [6.45, 7) is 5.16. The Balaban J connectivity index is 1.93. The van der Waals surface area contributed by atoms with Crippen molar-refractivity contribution in [2.45, 2.75) is 39.2 Å². The minimum Gasteiger partial charge on any atom is -0.375 e. The highest BCUT2D eigenvalue weighted by molar-refractivity contribution is 7.22. The second kappa shape index (κ2) is 7.00. The summed E-state index contributed by atoms with van der Waals surface area (Å²) in [7, 11) is 1.80. The van der Waals surface area contributed by atoms with Crippen LogP contribution < -0.4 is 5.73 Å². The molecule has 1 aromatic carbocycles. The van der Waals surface area contributed by atoms with Gasteiger partial charge in [0.2, 0.25) is 5.91 Å². The second-order valence-electron chi connectivity index (χ2n) is 6.61. The first-order valence-corrected chi connectivity index (χ1v) is 9.46. The zero-order valence-electron chi connectivity index (χ0n) is 14.9. The van der Waals surface area contributed by atoms with Crippen molar-refractivity contribution in [3.63, 3.8) is 0 Å². The smallest absolute Gasteiger partial charge is 0.254 e. The topological polar surface area (TPSA) is 79.5 Å². The number of fused-ring (bicyclic) bond motifs is 1. The molecule has 0 aliphatic carbocycles. The van der Waals surface area contributed by atoms with Crippen LogP contribution in [0.25, 0.3) is 10.2 Å². The maximum atomic E-state index is 13.1. The number of unbranched alkanes of at least 4 members (excludes halogenated alkanes) is 1. The highest BCUT2D eigenvalue weighted by Crippen LogP contribution is 2.29. The Morgan fingerprint density at radius 2 is 2.16 bits per heavy atom. The summed E-state index contributed by atoms with van der Waals surface area (Å²) in [5, 5.41) is 0.498. The third-order valence-electron chi connectivity index (χ3n) is 4.75. The molecule has 2 aromatic rings. The third-order valence-corrected chi connectivity index (χ3v) is 5.59. The molecule has 0 unspecified atom stereocenters. The van der Waals surface area contributed by atoms with E-state index in [-0.39, 0.29) is 17.9 Å². The number of hydrogen-bond donors (Lipinski definition) is 1. The predicted octanol–water partition coefficient (Wildman–Crippen LogP) is 2.66. The Hall–Kier alpha value is -2.15. The lowest BCUT2D eigenvalue weighted by atomic mass is 10.0. The second-order valence-corrected chi connectivity index (χ2v) is 7.67. The average molecular weight is 360 g/mol. The van der Waals surface area contributed by atoms with E-state index in [0.29, 0.717) is 30.2 Å². The van der Waals surface area contributed by atoms with E-state index in [9.17, 15) is 9.59 Å². The normalized spacial score (nSPS) is 18.2. The van der Waals surface area contributed by atoms with Crippen LogP contribution in [0.4, 0.5) is 5.13 Å². The number of thiazole rings is 1. The molecule has 1 fully saturated rings. The van der Waals surface area contributed by atoms with Crippen molar-refractivity contribution in [3.8, 4) is 0 Å². The van der Waals surface area contributed by atoms with Gasteiger partial charge in [0.25, 0.3) is 5.91 Å². The van der Waals surface area contributed by atoms with Crippen LogP contribution in [0.2, 0.25) is 0 Å². The van der Waals surface area contributed by atoms with Gasteiger partial charge in [0.15, 0.2) is 5.13 Å². The van der Waals surface area contributed by atoms with Crippen LogP contribution in [-0.2, 0) is 4.79 Å². The van der Waals surface area contributed by atoms with Gasteiger partial charge in [0.05, 0.1) is 10.2 Å². The van der Waals surface area contributed by atoms with Gasteiger partial charge in [-0.3, -0.25) is 9.59 Å². The van der Waals surface area contributed by atoms with Gasteiger partial charge in [-0.1, -0.05) is 31.1 Å². The standard InChI is InChI=1S/C18H24N4O2S/c1-4-5-6-13-17(24)21(3)7-8-22(13)16(23)12-9-11(2)15-14(10-12)25-18(19)20-15/h9-10,13H,4-8H2,1-3H3,(H2,19,20)/t13-/m1/s1. The van der Waals surface area contributed by atoms with Crippen molar-refractivity contribution >= 4 is 38.5 Å². The van der Waals surface area contributed by atoms with Gasteiger partial charge in [-0.2, -0.15) is 0 Å². The number of amides is 2. The first kappa shape index (κ1) is 17.7. The molecule has 2 amide bonds. The molecule has 1 aliphatic heterocycles. The first-order chi connectivity index (χ1) is 11.9. The number of anilines is 1. The lowest BCUT2D eigenvalue weighted by Crippen LogP contribution is -2.57. The molecule has 0 bridgehead atoms. The summed E-state index contributed by atoms with van der Waals surface area (Å²) < 4.78 is 0.909. The van der Waals surface area contributed by atoms with E-state index in [0.717, 1.165) is 28.6 Å². The molecule has 3 rings (SSSR count). The van der Waals surface area contributed by atoms with Crippen molar-refractivity contribution in [3.05, 3.63) is 23.3 Å². The molecule has 0 saturated carbocycles. The number of nitrogens with two attached hydrogens (primary N) is 1. The molecule has 7 heteroatoms. The summed E-state index contributed by atoms with van der Waals surface area (Å²) >= 11 is 1.38. The molecule has 0 spiro atoms. The van der Waals surface area contributed by atoms with Crippen LogP contribution in [0.1, 0.15) is 42.1 Å². The fraction of sp³-hybridized carbons (Fsp3) is 0.500. The predicted molar refractivity (Wildman–Crippen MR) is 101 cm³/mol. The number of likely N-dealkylation sites (N-methyl/N-ethyl adjacent to an activating group) is 1. The van der Waals surface area contributed by atoms with E-state index < -0.39 is 0 Å². The lowest BCUT2D eigenvalue weighted by molar-refractivity contribution is -0.138. The van der Waals surface area contributed by atoms with Crippen molar-refractivity contribution in [1.29, 1.82) is 0 Å². The molecule has 6 nitrogen and oxygen atoms in total. The number of benzene rings is 1. The van der Waals surface area contributed by atoms with Crippen LogP contribution in [-0.4, -0.2) is 52.8 Å². The number of nitrogens with zero attached hydrogens (tertiary/aromatic N) is 3. The molecule has 2 N–H and O–H groups in total. The number of carbonyl (C=O) groups is 2. The number of aryl methyl sites for hydroxylation is 1. The number of aromatic nitrogens is 1. The molecule has 1 saturated heterocycles. The van der Waals surface area contributed by atoms with Gasteiger partial charge in [0.1, 0.15) is 6.04 Å². The van der Waals surface area contributed by atoms with Crippen molar-refractivity contribution in [2.75, 3.05) is 25.9 Å². The minimum atomic E-state index is -0.367. The molecule has 1 aromatic heterocycles. The fourth-order valence-corrected chi connectivity index (χ4v) is 4.19. The summed E-state index contributed by atoms with van der Waals surface area (Å²) in [5.74, 6) is -0.0487. The van der Waals surface area contributed by atoms with Crippen molar-refractivity contribution in [1.82, 2.24) is 14.8 Å². The van der Waals surface area contributed by atoms with Crippen LogP contribution >= 0.6 is 11.3 Å². The van der Waals surface area contributed by atoms with Crippen molar-refractivity contribution < 1.29 is 9.59 Å². The first-order valence-electron chi connectivity index (χ1n) is 8.65.